The van der Waals surface area contributed by atoms with Crippen LogP contribution >= 0.6 is 11.6 Å². The van der Waals surface area contributed by atoms with Crippen molar-refractivity contribution in [3.8, 4) is 0 Å². The molecule has 0 radical (unpaired) electrons. The minimum atomic E-state index is -3.86. The minimum Gasteiger partial charge on any atom is -0.379 e. The van der Waals surface area contributed by atoms with Gasteiger partial charge in [-0.1, -0.05) is 48.0 Å². The van der Waals surface area contributed by atoms with Crippen LogP contribution in [0.1, 0.15) is 41.8 Å². The molecule has 0 aliphatic heterocycles. The molecule has 0 heterocycles. The van der Waals surface area contributed by atoms with E-state index in [-0.39, 0.29) is 23.5 Å². The zero-order valence-electron chi connectivity index (χ0n) is 20.2. The summed E-state index contributed by atoms with van der Waals surface area (Å²) in [5.74, 6) is -0.180. The van der Waals surface area contributed by atoms with E-state index < -0.39 is 10.0 Å². The fourth-order valence-electron chi connectivity index (χ4n) is 3.49. The Labute approximate surface area is 212 Å². The summed E-state index contributed by atoms with van der Waals surface area (Å²) in [7, 11) is -3.86. The van der Waals surface area contributed by atoms with Crippen molar-refractivity contribution in [2.24, 2.45) is 0 Å². The number of aryl methyl sites for hydroxylation is 1. The van der Waals surface area contributed by atoms with Gasteiger partial charge in [0.2, 0.25) is 0 Å². The van der Waals surface area contributed by atoms with Gasteiger partial charge < -0.3 is 10.1 Å². The molecule has 0 bridgehead atoms. The first-order valence-electron chi connectivity index (χ1n) is 11.5. The number of amides is 1. The van der Waals surface area contributed by atoms with E-state index in [1.807, 2.05) is 20.8 Å². The normalized spacial score (nSPS) is 11.5. The Morgan fingerprint density at radius 1 is 1.03 bits per heavy atom. The third kappa shape index (κ3) is 7.31. The average molecular weight is 515 g/mol. The molecule has 0 aliphatic carbocycles. The highest BCUT2D eigenvalue weighted by atomic mass is 35.5. The maximum absolute atomic E-state index is 13.6. The number of ether oxygens (including phenoxy) is 1. The third-order valence-corrected chi connectivity index (χ3v) is 7.38. The summed E-state index contributed by atoms with van der Waals surface area (Å²) in [6.45, 7) is 6.99. The SMILES string of the molecule is Cc1ccc(Cl)cc1N(Cc1ccc(C(=O)NCCCOC(C)C)cc1)S(=O)(=O)c1ccccc1. The quantitative estimate of drug-likeness (QED) is 0.338. The molecule has 0 unspecified atom stereocenters. The zero-order chi connectivity index (χ0) is 25.4. The van der Waals surface area contributed by atoms with Crippen molar-refractivity contribution in [1.29, 1.82) is 0 Å². The summed E-state index contributed by atoms with van der Waals surface area (Å²) in [5, 5.41) is 3.33. The molecule has 0 atom stereocenters. The van der Waals surface area contributed by atoms with Crippen LogP contribution in [0.25, 0.3) is 0 Å². The van der Waals surface area contributed by atoms with Crippen LogP contribution in [0, 0.1) is 6.92 Å². The summed E-state index contributed by atoms with van der Waals surface area (Å²) in [6.07, 6.45) is 0.895. The molecule has 0 spiro atoms. The lowest BCUT2D eigenvalue weighted by atomic mass is 10.1. The largest absolute Gasteiger partial charge is 0.379 e. The second-order valence-corrected chi connectivity index (χ2v) is 10.8. The van der Waals surface area contributed by atoms with Crippen molar-refractivity contribution in [3.63, 3.8) is 0 Å². The summed E-state index contributed by atoms with van der Waals surface area (Å²) >= 11 is 6.22. The molecule has 186 valence electrons. The van der Waals surface area contributed by atoms with Gasteiger partial charge >= 0.3 is 0 Å². The monoisotopic (exact) mass is 514 g/mol. The average Bonchev–Trinajstić information content (AvgIpc) is 2.84. The number of anilines is 1. The van der Waals surface area contributed by atoms with Crippen LogP contribution in [0.15, 0.2) is 77.7 Å². The van der Waals surface area contributed by atoms with E-state index in [4.69, 9.17) is 16.3 Å². The van der Waals surface area contributed by atoms with E-state index in [1.54, 1.807) is 72.8 Å². The van der Waals surface area contributed by atoms with Crippen LogP contribution in [0.2, 0.25) is 5.02 Å². The number of nitrogens with zero attached hydrogens (tertiary/aromatic N) is 1. The molecule has 6 nitrogen and oxygen atoms in total. The van der Waals surface area contributed by atoms with Crippen molar-refractivity contribution in [1.82, 2.24) is 5.32 Å². The van der Waals surface area contributed by atoms with E-state index in [1.165, 1.54) is 4.31 Å². The van der Waals surface area contributed by atoms with Crippen molar-refractivity contribution >= 4 is 33.2 Å². The lowest BCUT2D eigenvalue weighted by Crippen LogP contribution is -2.31. The number of benzene rings is 3. The van der Waals surface area contributed by atoms with Gasteiger partial charge in [0.25, 0.3) is 15.9 Å². The number of carbonyl (C=O) groups excluding carboxylic acids is 1. The van der Waals surface area contributed by atoms with Crippen LogP contribution in [0.3, 0.4) is 0 Å². The summed E-state index contributed by atoms with van der Waals surface area (Å²) in [6, 6.07) is 20.4. The lowest BCUT2D eigenvalue weighted by Gasteiger charge is -2.26. The number of hydrogen-bond donors (Lipinski definition) is 1. The second-order valence-electron chi connectivity index (χ2n) is 8.48. The molecule has 8 heteroatoms. The van der Waals surface area contributed by atoms with Gasteiger partial charge in [-0.25, -0.2) is 8.42 Å². The molecular weight excluding hydrogens is 484 g/mol. The lowest BCUT2D eigenvalue weighted by molar-refractivity contribution is 0.0757. The number of carbonyl (C=O) groups is 1. The highest BCUT2D eigenvalue weighted by molar-refractivity contribution is 7.92. The first kappa shape index (κ1) is 26.7. The zero-order valence-corrected chi connectivity index (χ0v) is 21.8. The van der Waals surface area contributed by atoms with E-state index in [0.29, 0.717) is 29.4 Å². The van der Waals surface area contributed by atoms with Gasteiger partial charge in [-0.3, -0.25) is 9.10 Å². The first-order chi connectivity index (χ1) is 16.7. The number of nitrogens with one attached hydrogen (secondary N) is 1. The Bertz CT molecular complexity index is 1230. The molecule has 0 fully saturated rings. The predicted molar refractivity (Wildman–Crippen MR) is 140 cm³/mol. The van der Waals surface area contributed by atoms with Crippen molar-refractivity contribution < 1.29 is 17.9 Å². The van der Waals surface area contributed by atoms with Gasteiger partial charge in [0.15, 0.2) is 0 Å². The standard InChI is InChI=1S/C27H31ClN2O4S/c1-20(2)34-17-7-16-29-27(31)23-13-11-22(12-14-23)19-30(26-18-24(28)15-10-21(26)3)35(32,33)25-8-5-4-6-9-25/h4-6,8-15,18,20H,7,16-17,19H2,1-3H3,(H,29,31). The molecule has 3 aromatic rings. The maximum Gasteiger partial charge on any atom is 0.264 e. The third-order valence-electron chi connectivity index (χ3n) is 5.37. The molecule has 0 saturated carbocycles. The summed E-state index contributed by atoms with van der Waals surface area (Å²) < 4.78 is 34.0. The minimum absolute atomic E-state index is 0.0901. The Morgan fingerprint density at radius 3 is 2.37 bits per heavy atom. The summed E-state index contributed by atoms with van der Waals surface area (Å²) in [5.41, 5.74) is 2.54. The Kier molecular flexibility index (Phi) is 9.32. The molecule has 1 N–H and O–H groups in total. The van der Waals surface area contributed by atoms with Gasteiger partial charge in [-0.2, -0.15) is 0 Å². The van der Waals surface area contributed by atoms with Crippen molar-refractivity contribution in [2.75, 3.05) is 17.5 Å². The number of rotatable bonds is 11. The van der Waals surface area contributed by atoms with Gasteiger partial charge in [0.05, 0.1) is 23.2 Å². The molecule has 0 aliphatic rings. The van der Waals surface area contributed by atoms with Crippen LogP contribution < -0.4 is 9.62 Å². The smallest absolute Gasteiger partial charge is 0.264 e. The first-order valence-corrected chi connectivity index (χ1v) is 13.3. The molecule has 35 heavy (non-hydrogen) atoms. The number of sulfonamides is 1. The topological polar surface area (TPSA) is 75.7 Å². The number of hydrogen-bond acceptors (Lipinski definition) is 4. The molecule has 0 aromatic heterocycles. The van der Waals surface area contributed by atoms with Gasteiger partial charge in [-0.05, 0) is 74.7 Å². The van der Waals surface area contributed by atoms with E-state index >= 15 is 0 Å². The molecule has 3 rings (SSSR count). The van der Waals surface area contributed by atoms with Gasteiger partial charge in [-0.15, -0.1) is 0 Å². The summed E-state index contributed by atoms with van der Waals surface area (Å²) in [4.78, 5) is 12.6. The predicted octanol–water partition coefficient (Wildman–Crippen LogP) is 5.59. The second kappa shape index (κ2) is 12.2. The van der Waals surface area contributed by atoms with E-state index in [0.717, 1.165) is 17.5 Å². The highest BCUT2D eigenvalue weighted by Crippen LogP contribution is 2.31. The van der Waals surface area contributed by atoms with Crippen LogP contribution in [0.4, 0.5) is 5.69 Å². The molecular formula is C27H31ClN2O4S. The van der Waals surface area contributed by atoms with Gasteiger partial charge in [0.1, 0.15) is 0 Å². The van der Waals surface area contributed by atoms with Crippen LogP contribution in [-0.4, -0.2) is 33.6 Å². The van der Waals surface area contributed by atoms with Gasteiger partial charge in [0, 0.05) is 23.7 Å². The fourth-order valence-corrected chi connectivity index (χ4v) is 5.19. The van der Waals surface area contributed by atoms with Crippen molar-refractivity contribution in [2.45, 2.75) is 44.7 Å². The Hall–Kier alpha value is -2.87. The van der Waals surface area contributed by atoms with E-state index in [9.17, 15) is 13.2 Å². The molecule has 3 aromatic carbocycles. The highest BCUT2D eigenvalue weighted by Gasteiger charge is 2.26. The van der Waals surface area contributed by atoms with Crippen LogP contribution in [0.5, 0.6) is 0 Å². The Balaban J connectivity index is 1.79. The molecule has 0 saturated heterocycles. The van der Waals surface area contributed by atoms with E-state index in [2.05, 4.69) is 5.32 Å². The Morgan fingerprint density at radius 2 is 1.71 bits per heavy atom. The van der Waals surface area contributed by atoms with Crippen LogP contribution in [-0.2, 0) is 21.3 Å². The number of halogens is 1. The van der Waals surface area contributed by atoms with Crippen molar-refractivity contribution in [3.05, 3.63) is 94.5 Å². The fraction of sp³-hybridized carbons (Fsp3) is 0.296. The maximum atomic E-state index is 13.6. The molecule has 1 amide bonds.